The number of hydrogen-bond donors (Lipinski definition) is 4. The molecule has 0 radical (unpaired) electrons. The first-order valence-corrected chi connectivity index (χ1v) is 4.98. The topological polar surface area (TPSA) is 72.7 Å². The Bertz CT molecular complexity index is 213. The van der Waals surface area contributed by atoms with Gasteiger partial charge in [0.1, 0.15) is 0 Å². The predicted molar refractivity (Wildman–Crippen MR) is 44.9 cm³/mol. The lowest BCUT2D eigenvalue weighted by Gasteiger charge is -2.57. The van der Waals surface area contributed by atoms with Crippen molar-refractivity contribution in [3.63, 3.8) is 0 Å². The number of aliphatic hydroxyl groups excluding tert-OH is 3. The Balaban J connectivity index is 1.95. The highest BCUT2D eigenvalue weighted by Gasteiger charge is 2.56. The van der Waals surface area contributed by atoms with E-state index in [0.29, 0.717) is 12.8 Å². The molecule has 4 heteroatoms. The van der Waals surface area contributed by atoms with Crippen LogP contribution in [0.5, 0.6) is 0 Å². The monoisotopic (exact) mass is 185 g/mol. The van der Waals surface area contributed by atoms with Crippen molar-refractivity contribution < 1.29 is 15.3 Å². The Morgan fingerprint density at radius 3 is 1.69 bits per heavy atom. The molecule has 4 bridgehead atoms. The third kappa shape index (κ3) is 0.892. The molecule has 2 heterocycles. The highest BCUT2D eigenvalue weighted by Crippen LogP contribution is 2.44. The first-order valence-electron chi connectivity index (χ1n) is 4.98. The van der Waals surface area contributed by atoms with Crippen LogP contribution in [0.2, 0.25) is 0 Å². The molecule has 2 saturated carbocycles. The molecule has 4 fully saturated rings. The Hall–Kier alpha value is -0.160. The van der Waals surface area contributed by atoms with Gasteiger partial charge in [0.05, 0.1) is 18.3 Å². The molecular weight excluding hydrogens is 170 g/mol. The number of hydrogen-bond acceptors (Lipinski definition) is 4. The molecule has 4 nitrogen and oxygen atoms in total. The van der Waals surface area contributed by atoms with Crippen LogP contribution in [-0.2, 0) is 0 Å². The van der Waals surface area contributed by atoms with Crippen molar-refractivity contribution in [2.75, 3.05) is 0 Å². The lowest BCUT2D eigenvalue weighted by atomic mass is 9.60. The van der Waals surface area contributed by atoms with E-state index in [1.54, 1.807) is 0 Å². The molecule has 0 spiro atoms. The van der Waals surface area contributed by atoms with Crippen molar-refractivity contribution in [2.45, 2.75) is 43.2 Å². The third-order valence-electron chi connectivity index (χ3n) is 4.06. The van der Waals surface area contributed by atoms with E-state index < -0.39 is 18.3 Å². The first kappa shape index (κ1) is 8.17. The van der Waals surface area contributed by atoms with Gasteiger partial charge >= 0.3 is 0 Å². The van der Waals surface area contributed by atoms with Gasteiger partial charge in [-0.3, -0.25) is 0 Å². The van der Waals surface area contributed by atoms with E-state index in [9.17, 15) is 15.3 Å². The zero-order valence-corrected chi connectivity index (χ0v) is 7.30. The van der Waals surface area contributed by atoms with Crippen LogP contribution in [0.3, 0.4) is 0 Å². The number of aliphatic hydroxyl groups is 3. The fraction of sp³-hybridized carbons (Fsp3) is 1.00. The van der Waals surface area contributed by atoms with E-state index in [-0.39, 0.29) is 23.9 Å². The van der Waals surface area contributed by atoms with Gasteiger partial charge in [0, 0.05) is 23.9 Å². The van der Waals surface area contributed by atoms with Crippen LogP contribution in [0, 0.1) is 11.8 Å². The second kappa shape index (κ2) is 2.45. The molecule has 4 aliphatic rings. The molecule has 0 aromatic carbocycles. The Morgan fingerprint density at radius 2 is 1.23 bits per heavy atom. The minimum atomic E-state index is -0.500. The number of rotatable bonds is 0. The number of piperidine rings is 2. The van der Waals surface area contributed by atoms with Gasteiger partial charge in [0.15, 0.2) is 0 Å². The van der Waals surface area contributed by atoms with Gasteiger partial charge in [-0.1, -0.05) is 0 Å². The van der Waals surface area contributed by atoms with Crippen molar-refractivity contribution in [3.8, 4) is 0 Å². The highest BCUT2D eigenvalue weighted by molar-refractivity contribution is 5.11. The molecule has 6 unspecified atom stereocenters. The summed E-state index contributed by atoms with van der Waals surface area (Å²) in [5, 5.41) is 32.6. The summed E-state index contributed by atoms with van der Waals surface area (Å²) in [6.07, 6.45) is 0.0668. The minimum Gasteiger partial charge on any atom is -0.392 e. The summed E-state index contributed by atoms with van der Waals surface area (Å²) >= 11 is 0. The highest BCUT2D eigenvalue weighted by atomic mass is 16.3. The molecule has 2 saturated heterocycles. The van der Waals surface area contributed by atoms with E-state index in [4.69, 9.17) is 0 Å². The fourth-order valence-corrected chi connectivity index (χ4v) is 3.35. The van der Waals surface area contributed by atoms with Gasteiger partial charge < -0.3 is 20.6 Å². The lowest BCUT2D eigenvalue weighted by Crippen LogP contribution is -2.72. The Labute approximate surface area is 76.6 Å². The number of nitrogens with one attached hydrogen (secondary N) is 1. The van der Waals surface area contributed by atoms with Crippen LogP contribution >= 0.6 is 0 Å². The maximum Gasteiger partial charge on any atom is 0.0746 e. The van der Waals surface area contributed by atoms with E-state index in [1.165, 1.54) is 0 Å². The average Bonchev–Trinajstić information content (AvgIpc) is 2.10. The van der Waals surface area contributed by atoms with Gasteiger partial charge in [-0.05, 0) is 12.8 Å². The van der Waals surface area contributed by atoms with Crippen molar-refractivity contribution in [2.24, 2.45) is 11.8 Å². The van der Waals surface area contributed by atoms with Gasteiger partial charge in [-0.2, -0.15) is 0 Å². The molecule has 4 rings (SSSR count). The molecule has 74 valence electrons. The normalized spacial score (nSPS) is 64.4. The van der Waals surface area contributed by atoms with Crippen LogP contribution in [0.25, 0.3) is 0 Å². The molecule has 0 aromatic heterocycles. The summed E-state index contributed by atoms with van der Waals surface area (Å²) < 4.78 is 0. The molecular formula is C9H15NO3. The maximum atomic E-state index is 9.82. The molecule has 0 aromatic rings. The summed E-state index contributed by atoms with van der Waals surface area (Å²) in [7, 11) is 0. The smallest absolute Gasteiger partial charge is 0.0746 e. The van der Waals surface area contributed by atoms with E-state index in [0.717, 1.165) is 0 Å². The fourth-order valence-electron chi connectivity index (χ4n) is 3.35. The lowest BCUT2D eigenvalue weighted by molar-refractivity contribution is -0.181. The van der Waals surface area contributed by atoms with Gasteiger partial charge in [-0.15, -0.1) is 0 Å². The standard InChI is InChI=1S/C9H15NO3/c11-7-3-1-5-9(13)4(7)2-6(10-5)8(3)12/h3-13H,1-2H2. The Morgan fingerprint density at radius 1 is 0.769 bits per heavy atom. The van der Waals surface area contributed by atoms with E-state index in [2.05, 4.69) is 5.32 Å². The SMILES string of the molecule is OC1C2CC3C(O)C(CC1C3O)N2. The van der Waals surface area contributed by atoms with Crippen LogP contribution in [0.4, 0.5) is 0 Å². The summed E-state index contributed by atoms with van der Waals surface area (Å²) in [4.78, 5) is 0. The quantitative estimate of drug-likeness (QED) is 0.369. The molecule has 13 heavy (non-hydrogen) atoms. The molecule has 4 N–H and O–H groups in total. The second-order valence-electron chi connectivity index (χ2n) is 4.65. The van der Waals surface area contributed by atoms with Crippen molar-refractivity contribution in [1.29, 1.82) is 0 Å². The van der Waals surface area contributed by atoms with Crippen LogP contribution in [-0.4, -0.2) is 45.7 Å². The van der Waals surface area contributed by atoms with Crippen LogP contribution in [0.15, 0.2) is 0 Å². The third-order valence-corrected chi connectivity index (χ3v) is 4.06. The van der Waals surface area contributed by atoms with Crippen LogP contribution in [0.1, 0.15) is 12.8 Å². The molecule has 6 atom stereocenters. The van der Waals surface area contributed by atoms with Crippen LogP contribution < -0.4 is 5.32 Å². The summed E-state index contributed by atoms with van der Waals surface area (Å²) in [6.45, 7) is 0. The van der Waals surface area contributed by atoms with Crippen molar-refractivity contribution >= 4 is 0 Å². The molecule has 0 amide bonds. The summed E-state index contributed by atoms with van der Waals surface area (Å²) in [6, 6.07) is 0.195. The zero-order chi connectivity index (χ0) is 9.16. The Kier molecular flexibility index (Phi) is 1.54. The minimum absolute atomic E-state index is 0.0154. The summed E-state index contributed by atoms with van der Waals surface area (Å²) in [5.74, 6) is -0.0307. The average molecular weight is 185 g/mol. The van der Waals surface area contributed by atoms with E-state index >= 15 is 0 Å². The first-order chi connectivity index (χ1) is 6.18. The largest absolute Gasteiger partial charge is 0.392 e. The second-order valence-corrected chi connectivity index (χ2v) is 4.65. The predicted octanol–water partition coefficient (Wildman–Crippen LogP) is -1.55. The zero-order valence-electron chi connectivity index (χ0n) is 7.30. The summed E-state index contributed by atoms with van der Waals surface area (Å²) in [5.41, 5.74) is 0. The molecule has 2 aliphatic carbocycles. The van der Waals surface area contributed by atoms with Gasteiger partial charge in [0.2, 0.25) is 0 Å². The maximum absolute atomic E-state index is 9.82. The molecule has 2 aliphatic heterocycles. The van der Waals surface area contributed by atoms with Gasteiger partial charge in [-0.25, -0.2) is 0 Å². The van der Waals surface area contributed by atoms with Crippen molar-refractivity contribution in [1.82, 2.24) is 5.32 Å². The van der Waals surface area contributed by atoms with E-state index in [1.807, 2.05) is 0 Å². The van der Waals surface area contributed by atoms with Crippen molar-refractivity contribution in [3.05, 3.63) is 0 Å². The van der Waals surface area contributed by atoms with Gasteiger partial charge in [0.25, 0.3) is 0 Å².